The van der Waals surface area contributed by atoms with Gasteiger partial charge in [0, 0.05) is 36.5 Å². The summed E-state index contributed by atoms with van der Waals surface area (Å²) >= 11 is 0. The van der Waals surface area contributed by atoms with Gasteiger partial charge in [0.15, 0.2) is 0 Å². The van der Waals surface area contributed by atoms with Crippen LogP contribution in [0, 0.1) is 29.1 Å². The maximum absolute atomic E-state index is 13.4. The molecule has 0 radical (unpaired) electrons. The number of benzene rings is 1. The Labute approximate surface area is 180 Å². The summed E-state index contributed by atoms with van der Waals surface area (Å²) in [6.45, 7) is 2.77. The lowest BCUT2D eigenvalue weighted by atomic mass is 9.34. The van der Waals surface area contributed by atoms with Crippen LogP contribution in [0.4, 0.5) is 0 Å². The number of hydrazone groups is 1. The predicted octanol–water partition coefficient (Wildman–Crippen LogP) is 3.74. The first-order valence-corrected chi connectivity index (χ1v) is 10.7. The largest absolute Gasteiger partial charge is 0.272 e. The van der Waals surface area contributed by atoms with Crippen LogP contribution in [-0.2, 0) is 11.3 Å². The van der Waals surface area contributed by atoms with Crippen LogP contribution in [0.1, 0.15) is 48.5 Å². The quantitative estimate of drug-likeness (QED) is 0.656. The van der Waals surface area contributed by atoms with E-state index in [1.807, 2.05) is 60.5 Å². The van der Waals surface area contributed by atoms with E-state index < -0.39 is 0 Å². The van der Waals surface area contributed by atoms with Gasteiger partial charge in [-0.15, -0.1) is 0 Å². The Morgan fingerprint density at radius 2 is 2.06 bits per heavy atom. The third-order valence-corrected chi connectivity index (χ3v) is 7.21. The lowest BCUT2D eigenvalue weighted by Gasteiger charge is -2.69. The lowest BCUT2D eigenvalue weighted by Crippen LogP contribution is -2.68. The zero-order chi connectivity index (χ0) is 21.2. The number of hydrogen-bond donors (Lipinski definition) is 0. The molecule has 2 bridgehead atoms. The lowest BCUT2D eigenvalue weighted by molar-refractivity contribution is -0.223. The van der Waals surface area contributed by atoms with Crippen LogP contribution >= 0.6 is 0 Å². The van der Waals surface area contributed by atoms with E-state index in [1.165, 1.54) is 0 Å². The molecule has 0 N–H and O–H groups in total. The molecule has 3 heterocycles. The van der Waals surface area contributed by atoms with E-state index in [0.717, 1.165) is 54.4 Å². The van der Waals surface area contributed by atoms with Gasteiger partial charge in [0.25, 0.3) is 0 Å². The molecule has 7 rings (SSSR count). The summed E-state index contributed by atoms with van der Waals surface area (Å²) in [5, 5.41) is 20.8. The highest BCUT2D eigenvalue weighted by atomic mass is 16.2. The summed E-state index contributed by atoms with van der Waals surface area (Å²) in [4.78, 5) is 17.8. The maximum Gasteiger partial charge on any atom is 0.249 e. The smallest absolute Gasteiger partial charge is 0.249 e. The maximum atomic E-state index is 13.4. The Hall–Kier alpha value is -3.53. The van der Waals surface area contributed by atoms with Gasteiger partial charge in [-0.05, 0) is 61.4 Å². The predicted molar refractivity (Wildman–Crippen MR) is 115 cm³/mol. The van der Waals surface area contributed by atoms with Gasteiger partial charge < -0.3 is 0 Å². The van der Waals surface area contributed by atoms with Crippen molar-refractivity contribution in [1.29, 1.82) is 5.26 Å². The van der Waals surface area contributed by atoms with E-state index in [0.29, 0.717) is 5.56 Å². The van der Waals surface area contributed by atoms with E-state index in [1.54, 1.807) is 5.01 Å². The summed E-state index contributed by atoms with van der Waals surface area (Å²) in [7, 11) is 0. The molecular weight excluding hydrogens is 388 g/mol. The molecule has 0 spiro atoms. The molecule has 1 aliphatic heterocycles. The van der Waals surface area contributed by atoms with Crippen LogP contribution < -0.4 is 0 Å². The SMILES string of the molecule is Cc1ccc(C2CC=NN2C(=O)C23CC(Cn4ncc5cc(C#N)ccc54)(C2)C3)cn1. The van der Waals surface area contributed by atoms with Gasteiger partial charge >= 0.3 is 0 Å². The average Bonchev–Trinajstić information content (AvgIpc) is 3.36. The molecule has 31 heavy (non-hydrogen) atoms. The Bertz CT molecular complexity index is 1260. The highest BCUT2D eigenvalue weighted by molar-refractivity contribution is 5.88. The van der Waals surface area contributed by atoms with Crippen molar-refractivity contribution in [2.45, 2.75) is 45.2 Å². The molecule has 2 aromatic heterocycles. The Morgan fingerprint density at radius 3 is 2.81 bits per heavy atom. The molecule has 1 amide bonds. The van der Waals surface area contributed by atoms with Crippen molar-refractivity contribution in [3.8, 4) is 6.07 Å². The topological polar surface area (TPSA) is 87.2 Å². The zero-order valence-electron chi connectivity index (χ0n) is 17.3. The van der Waals surface area contributed by atoms with E-state index in [9.17, 15) is 4.79 Å². The Balaban J connectivity index is 1.16. The van der Waals surface area contributed by atoms with Crippen LogP contribution in [0.2, 0.25) is 0 Å². The molecule has 7 nitrogen and oxygen atoms in total. The highest BCUT2D eigenvalue weighted by Gasteiger charge is 2.72. The number of amides is 1. The van der Waals surface area contributed by atoms with E-state index >= 15 is 0 Å². The molecule has 3 fully saturated rings. The van der Waals surface area contributed by atoms with Crippen molar-refractivity contribution in [2.75, 3.05) is 0 Å². The zero-order valence-corrected chi connectivity index (χ0v) is 17.3. The van der Waals surface area contributed by atoms with Crippen LogP contribution in [0.25, 0.3) is 10.9 Å². The summed E-state index contributed by atoms with van der Waals surface area (Å²) in [5.41, 5.74) is 3.57. The molecule has 4 aliphatic rings. The number of carbonyl (C=O) groups is 1. The normalized spacial score (nSPS) is 28.3. The highest BCUT2D eigenvalue weighted by Crippen LogP contribution is 2.74. The second kappa shape index (κ2) is 6.24. The molecule has 1 aromatic carbocycles. The average molecular weight is 410 g/mol. The molecular formula is C24H22N6O. The summed E-state index contributed by atoms with van der Waals surface area (Å²) in [6, 6.07) is 11.8. The molecule has 0 saturated heterocycles. The third-order valence-electron chi connectivity index (χ3n) is 7.21. The number of carbonyl (C=O) groups excluding carboxylic acids is 1. The molecule has 7 heteroatoms. The molecule has 3 aromatic rings. The van der Waals surface area contributed by atoms with E-state index in [2.05, 4.69) is 21.3 Å². The summed E-state index contributed by atoms with van der Waals surface area (Å²) in [5.74, 6) is 0.151. The fourth-order valence-corrected chi connectivity index (χ4v) is 5.80. The number of nitrogens with zero attached hydrogens (tertiary/aromatic N) is 6. The molecule has 3 saturated carbocycles. The number of nitriles is 1. The Morgan fingerprint density at radius 1 is 1.23 bits per heavy atom. The van der Waals surface area contributed by atoms with Crippen LogP contribution in [0.5, 0.6) is 0 Å². The molecule has 1 atom stereocenters. The fraction of sp³-hybridized carbons (Fsp3) is 0.375. The van der Waals surface area contributed by atoms with Gasteiger partial charge in [0.2, 0.25) is 5.91 Å². The van der Waals surface area contributed by atoms with Crippen molar-refractivity contribution in [1.82, 2.24) is 19.8 Å². The van der Waals surface area contributed by atoms with Crippen molar-refractivity contribution < 1.29 is 4.79 Å². The molecule has 3 aliphatic carbocycles. The Kier molecular flexibility index (Phi) is 3.67. The number of pyridine rings is 1. The van der Waals surface area contributed by atoms with Gasteiger partial charge in [-0.25, -0.2) is 5.01 Å². The standard InChI is InChI=1S/C24H22N6O/c1-16-2-4-18(10-26-16)21-6-7-27-30(21)22(31)24-12-23(13-24,14-24)15-29-20-5-3-17(9-25)8-19(20)11-28-29/h2-5,7-8,10-11,21H,6,12-15H2,1H3. The minimum atomic E-state index is -0.269. The first kappa shape index (κ1) is 18.3. The summed E-state index contributed by atoms with van der Waals surface area (Å²) in [6.07, 6.45) is 8.93. The van der Waals surface area contributed by atoms with Gasteiger partial charge in [-0.1, -0.05) is 6.07 Å². The number of hydrogen-bond acceptors (Lipinski definition) is 5. The fourth-order valence-electron chi connectivity index (χ4n) is 5.80. The number of aryl methyl sites for hydroxylation is 1. The number of fused-ring (bicyclic) bond motifs is 1. The van der Waals surface area contributed by atoms with Gasteiger partial charge in [0.1, 0.15) is 0 Å². The number of aromatic nitrogens is 3. The van der Waals surface area contributed by atoms with Crippen molar-refractivity contribution in [2.24, 2.45) is 15.9 Å². The third kappa shape index (κ3) is 2.64. The minimum absolute atomic E-state index is 0.0463. The van der Waals surface area contributed by atoms with Crippen molar-refractivity contribution >= 4 is 23.0 Å². The van der Waals surface area contributed by atoms with Gasteiger partial charge in [-0.2, -0.15) is 15.5 Å². The first-order valence-electron chi connectivity index (χ1n) is 10.7. The van der Waals surface area contributed by atoms with Crippen LogP contribution in [-0.4, -0.2) is 31.9 Å². The van der Waals surface area contributed by atoms with Gasteiger partial charge in [0.05, 0.1) is 34.8 Å². The second-order valence-corrected chi connectivity index (χ2v) is 9.43. The van der Waals surface area contributed by atoms with Gasteiger partial charge in [-0.3, -0.25) is 14.5 Å². The molecule has 1 unspecified atom stereocenters. The second-order valence-electron chi connectivity index (χ2n) is 9.43. The first-order chi connectivity index (χ1) is 15.0. The van der Waals surface area contributed by atoms with Crippen molar-refractivity contribution in [3.05, 3.63) is 59.5 Å². The summed E-state index contributed by atoms with van der Waals surface area (Å²) < 4.78 is 2.03. The van der Waals surface area contributed by atoms with Crippen LogP contribution in [0.3, 0.4) is 0 Å². The minimum Gasteiger partial charge on any atom is -0.272 e. The van der Waals surface area contributed by atoms with E-state index in [-0.39, 0.29) is 22.8 Å². The van der Waals surface area contributed by atoms with E-state index in [4.69, 9.17) is 5.26 Å². The van der Waals surface area contributed by atoms with Crippen molar-refractivity contribution in [3.63, 3.8) is 0 Å². The monoisotopic (exact) mass is 410 g/mol. The molecule has 154 valence electrons. The van der Waals surface area contributed by atoms with Crippen LogP contribution in [0.15, 0.2) is 47.8 Å². The number of rotatable bonds is 4.